The Labute approximate surface area is 101 Å². The van der Waals surface area contributed by atoms with Crippen molar-refractivity contribution in [1.29, 1.82) is 0 Å². The molecular weight excluding hydrogens is 224 g/mol. The summed E-state index contributed by atoms with van der Waals surface area (Å²) in [6.07, 6.45) is 5.50. The van der Waals surface area contributed by atoms with Crippen molar-refractivity contribution in [2.24, 2.45) is 0 Å². The van der Waals surface area contributed by atoms with Crippen molar-refractivity contribution in [3.8, 4) is 0 Å². The van der Waals surface area contributed by atoms with Crippen molar-refractivity contribution in [3.05, 3.63) is 22.5 Å². The van der Waals surface area contributed by atoms with Gasteiger partial charge in [-0.1, -0.05) is 11.6 Å². The first kappa shape index (κ1) is 13.2. The van der Waals surface area contributed by atoms with Gasteiger partial charge in [0.2, 0.25) is 0 Å². The molecule has 1 nitrogen and oxygen atoms in total. The minimum Gasteiger partial charge on any atom is -0.393 e. The molecule has 1 fully saturated rings. The second-order valence-electron chi connectivity index (χ2n) is 3.84. The zero-order chi connectivity index (χ0) is 11.1. The quantitative estimate of drug-likeness (QED) is 0.743. The zero-order valence-electron chi connectivity index (χ0n) is 9.37. The summed E-state index contributed by atoms with van der Waals surface area (Å²) in [7, 11) is 0. The molecule has 1 aliphatic heterocycles. The first-order valence-electron chi connectivity index (χ1n) is 5.48. The van der Waals surface area contributed by atoms with E-state index in [9.17, 15) is 5.11 Å². The number of rotatable bonds is 5. The van der Waals surface area contributed by atoms with Gasteiger partial charge in [-0.25, -0.2) is 0 Å². The summed E-state index contributed by atoms with van der Waals surface area (Å²) < 4.78 is 1.49. The largest absolute Gasteiger partial charge is 0.393 e. The summed E-state index contributed by atoms with van der Waals surface area (Å²) in [5, 5.41) is 9.59. The van der Waals surface area contributed by atoms with Gasteiger partial charge in [0.15, 0.2) is 0 Å². The molecule has 1 N–H and O–H groups in total. The van der Waals surface area contributed by atoms with Crippen LogP contribution >= 0.6 is 23.5 Å². The van der Waals surface area contributed by atoms with Crippen molar-refractivity contribution in [3.63, 3.8) is 0 Å². The molecule has 1 atom stereocenters. The molecule has 0 saturated carbocycles. The third kappa shape index (κ3) is 5.14. The lowest BCUT2D eigenvalue weighted by Crippen LogP contribution is -2.05. The molecule has 0 unspecified atom stereocenters. The number of aliphatic hydroxyl groups excluding tert-OH is 1. The van der Waals surface area contributed by atoms with E-state index in [0.717, 1.165) is 12.8 Å². The summed E-state index contributed by atoms with van der Waals surface area (Å²) in [5.41, 5.74) is 1.45. The van der Waals surface area contributed by atoms with Gasteiger partial charge < -0.3 is 5.11 Å². The fourth-order valence-corrected chi connectivity index (χ4v) is 4.13. The number of hydrogen-bond acceptors (Lipinski definition) is 3. The van der Waals surface area contributed by atoms with Crippen LogP contribution in [0.5, 0.6) is 0 Å². The van der Waals surface area contributed by atoms with E-state index in [2.05, 4.69) is 13.5 Å². The molecule has 0 aromatic rings. The maximum Gasteiger partial charge on any atom is 0.0577 e. The average molecular weight is 244 g/mol. The topological polar surface area (TPSA) is 20.2 Å². The van der Waals surface area contributed by atoms with Crippen LogP contribution in [0.4, 0.5) is 0 Å². The molecule has 0 bridgehead atoms. The van der Waals surface area contributed by atoms with E-state index in [1.165, 1.54) is 27.7 Å². The highest BCUT2D eigenvalue weighted by atomic mass is 32.2. The van der Waals surface area contributed by atoms with Crippen LogP contribution in [0.1, 0.15) is 32.6 Å². The molecule has 1 heterocycles. The minimum absolute atomic E-state index is 0.211. The second-order valence-corrected chi connectivity index (χ2v) is 6.30. The van der Waals surface area contributed by atoms with Gasteiger partial charge in [0.1, 0.15) is 0 Å². The molecule has 15 heavy (non-hydrogen) atoms. The number of allylic oxidation sites excluding steroid dienone is 1. The number of aliphatic hydroxyl groups is 1. The van der Waals surface area contributed by atoms with E-state index in [0.29, 0.717) is 6.42 Å². The Bertz CT molecular complexity index is 228. The van der Waals surface area contributed by atoms with Crippen molar-refractivity contribution >= 4 is 23.5 Å². The maximum atomic E-state index is 9.59. The van der Waals surface area contributed by atoms with Crippen molar-refractivity contribution in [2.75, 3.05) is 11.5 Å². The number of thioether (sulfide) groups is 2. The van der Waals surface area contributed by atoms with Gasteiger partial charge in [-0.15, -0.1) is 30.1 Å². The second kappa shape index (κ2) is 7.42. The molecule has 86 valence electrons. The molecule has 0 aromatic heterocycles. The van der Waals surface area contributed by atoms with E-state index in [1.54, 1.807) is 6.08 Å². The van der Waals surface area contributed by atoms with Crippen molar-refractivity contribution in [2.45, 2.75) is 38.7 Å². The van der Waals surface area contributed by atoms with Crippen molar-refractivity contribution in [1.82, 2.24) is 0 Å². The first-order chi connectivity index (χ1) is 7.24. The Balaban J connectivity index is 2.32. The molecule has 1 saturated heterocycles. The molecule has 0 spiro atoms. The SMILES string of the molecule is C=CC[C@@H](O)CCC(C)=C1SCCCS1. The zero-order valence-corrected chi connectivity index (χ0v) is 11.0. The Hall–Kier alpha value is 0.140. The molecule has 1 rings (SSSR count). The monoisotopic (exact) mass is 244 g/mol. The fraction of sp³-hybridized carbons (Fsp3) is 0.667. The fourth-order valence-electron chi connectivity index (χ4n) is 1.47. The van der Waals surface area contributed by atoms with Gasteiger partial charge in [-0.05, 0) is 44.1 Å². The highest BCUT2D eigenvalue weighted by Crippen LogP contribution is 2.38. The summed E-state index contributed by atoms with van der Waals surface area (Å²) in [6.45, 7) is 5.83. The molecule has 1 aliphatic rings. The lowest BCUT2D eigenvalue weighted by molar-refractivity contribution is 0.168. The normalized spacial score (nSPS) is 18.7. The average Bonchev–Trinajstić information content (AvgIpc) is 2.27. The van der Waals surface area contributed by atoms with Crippen molar-refractivity contribution < 1.29 is 5.11 Å². The number of hydrogen-bond donors (Lipinski definition) is 1. The molecule has 3 heteroatoms. The smallest absolute Gasteiger partial charge is 0.0577 e. The van der Waals surface area contributed by atoms with Crippen LogP contribution in [-0.2, 0) is 0 Å². The van der Waals surface area contributed by atoms with Gasteiger partial charge in [0.05, 0.1) is 6.10 Å². The standard InChI is InChI=1S/C12H20OS2/c1-3-5-11(13)7-6-10(2)12-14-8-4-9-15-12/h3,11,13H,1,4-9H2,2H3/t11-/m1/s1. The lowest BCUT2D eigenvalue weighted by Gasteiger charge is -2.16. The van der Waals surface area contributed by atoms with Gasteiger partial charge in [0.25, 0.3) is 0 Å². The first-order valence-corrected chi connectivity index (χ1v) is 7.45. The lowest BCUT2D eigenvalue weighted by atomic mass is 10.1. The molecule has 0 aliphatic carbocycles. The van der Waals surface area contributed by atoms with Gasteiger partial charge in [-0.3, -0.25) is 0 Å². The third-order valence-electron chi connectivity index (χ3n) is 2.39. The maximum absolute atomic E-state index is 9.59. The molecule has 0 radical (unpaired) electrons. The van der Waals surface area contributed by atoms with Crippen LogP contribution in [-0.4, -0.2) is 22.7 Å². The van der Waals surface area contributed by atoms with Crippen LogP contribution in [0.2, 0.25) is 0 Å². The van der Waals surface area contributed by atoms with Crippen LogP contribution in [0, 0.1) is 0 Å². The van der Waals surface area contributed by atoms with Crippen LogP contribution in [0.15, 0.2) is 22.5 Å². The highest BCUT2D eigenvalue weighted by molar-refractivity contribution is 8.22. The predicted octanol–water partition coefficient (Wildman–Crippen LogP) is 3.81. The van der Waals surface area contributed by atoms with Gasteiger partial charge in [0, 0.05) is 4.24 Å². The van der Waals surface area contributed by atoms with Crippen LogP contribution in [0.25, 0.3) is 0 Å². The Morgan fingerprint density at radius 2 is 2.20 bits per heavy atom. The van der Waals surface area contributed by atoms with Crippen LogP contribution in [0.3, 0.4) is 0 Å². The third-order valence-corrected chi connectivity index (χ3v) is 5.31. The van der Waals surface area contributed by atoms with E-state index >= 15 is 0 Å². The Morgan fingerprint density at radius 1 is 1.53 bits per heavy atom. The molecular formula is C12H20OS2. The summed E-state index contributed by atoms with van der Waals surface area (Å²) >= 11 is 3.95. The summed E-state index contributed by atoms with van der Waals surface area (Å²) in [6, 6.07) is 0. The van der Waals surface area contributed by atoms with E-state index in [4.69, 9.17) is 0 Å². The minimum atomic E-state index is -0.211. The Morgan fingerprint density at radius 3 is 2.80 bits per heavy atom. The molecule has 0 amide bonds. The van der Waals surface area contributed by atoms with E-state index < -0.39 is 0 Å². The van der Waals surface area contributed by atoms with Crippen LogP contribution < -0.4 is 0 Å². The summed E-state index contributed by atoms with van der Waals surface area (Å²) in [5.74, 6) is 2.52. The van der Waals surface area contributed by atoms with Gasteiger partial charge in [-0.2, -0.15) is 0 Å². The highest BCUT2D eigenvalue weighted by Gasteiger charge is 2.10. The summed E-state index contributed by atoms with van der Waals surface area (Å²) in [4.78, 5) is 0. The van der Waals surface area contributed by atoms with E-state index in [1.807, 2.05) is 23.5 Å². The predicted molar refractivity (Wildman–Crippen MR) is 72.3 cm³/mol. The van der Waals surface area contributed by atoms with Gasteiger partial charge >= 0.3 is 0 Å². The molecule has 0 aromatic carbocycles. The Kier molecular flexibility index (Phi) is 6.53. The van der Waals surface area contributed by atoms with E-state index in [-0.39, 0.29) is 6.10 Å².